The largest absolute Gasteiger partial charge is 0.308 e. The summed E-state index contributed by atoms with van der Waals surface area (Å²) in [6.45, 7) is 7.46. The van der Waals surface area contributed by atoms with Gasteiger partial charge in [-0.1, -0.05) is 0 Å². The summed E-state index contributed by atoms with van der Waals surface area (Å²) >= 11 is 0. The Bertz CT molecular complexity index is 140. The van der Waals surface area contributed by atoms with E-state index in [4.69, 9.17) is 0 Å². The molecule has 0 aromatic heterocycles. The number of rotatable bonds is 4. The number of hydrogen-bond acceptors (Lipinski definition) is 3. The van der Waals surface area contributed by atoms with Crippen molar-refractivity contribution in [3.8, 4) is 0 Å². The fourth-order valence-electron chi connectivity index (χ4n) is 0.793. The molecule has 0 N–H and O–H groups in total. The maximum Gasteiger partial charge on any atom is 0.0529 e. The highest BCUT2D eigenvalue weighted by molar-refractivity contribution is 4.73. The maximum absolute atomic E-state index is 10.4. The predicted molar refractivity (Wildman–Crippen MR) is 50.8 cm³/mol. The van der Waals surface area contributed by atoms with Crippen molar-refractivity contribution < 1.29 is 0 Å². The minimum atomic E-state index is -0.169. The van der Waals surface area contributed by atoms with E-state index in [0.717, 1.165) is 6.54 Å². The van der Waals surface area contributed by atoms with Crippen molar-refractivity contribution in [2.24, 2.45) is 5.29 Å². The van der Waals surface area contributed by atoms with Gasteiger partial charge in [-0.3, -0.25) is 5.01 Å². The van der Waals surface area contributed by atoms with E-state index < -0.39 is 0 Å². The highest BCUT2D eigenvalue weighted by Gasteiger charge is 2.20. The van der Waals surface area contributed by atoms with Gasteiger partial charge in [0.25, 0.3) is 0 Å². The Morgan fingerprint density at radius 3 is 1.92 bits per heavy atom. The Hall–Kier alpha value is -0.640. The first-order valence-corrected chi connectivity index (χ1v) is 4.13. The maximum atomic E-state index is 10.4. The molecule has 0 atom stereocenters. The van der Waals surface area contributed by atoms with Crippen LogP contribution in [-0.2, 0) is 0 Å². The Morgan fingerprint density at radius 1 is 1.17 bits per heavy atom. The minimum Gasteiger partial charge on any atom is -0.308 e. The second-order valence-corrected chi connectivity index (χ2v) is 4.18. The molecule has 0 rings (SSSR count). The van der Waals surface area contributed by atoms with E-state index in [9.17, 15) is 4.91 Å². The third kappa shape index (κ3) is 4.28. The summed E-state index contributed by atoms with van der Waals surface area (Å²) in [7, 11) is 3.96. The van der Waals surface area contributed by atoms with Gasteiger partial charge < -0.3 is 4.90 Å². The smallest absolute Gasteiger partial charge is 0.0529 e. The van der Waals surface area contributed by atoms with Gasteiger partial charge >= 0.3 is 0 Å². The summed E-state index contributed by atoms with van der Waals surface area (Å²) in [6.07, 6.45) is 0. The van der Waals surface area contributed by atoms with Gasteiger partial charge in [-0.05, 0) is 34.9 Å². The Morgan fingerprint density at radius 2 is 1.67 bits per heavy atom. The first-order valence-electron chi connectivity index (χ1n) is 4.13. The van der Waals surface area contributed by atoms with Crippen molar-refractivity contribution in [1.82, 2.24) is 9.91 Å². The van der Waals surface area contributed by atoms with Gasteiger partial charge in [-0.25, -0.2) is 0 Å². The zero-order valence-electron chi connectivity index (χ0n) is 8.66. The third-order valence-corrected chi connectivity index (χ3v) is 1.63. The molecule has 0 heterocycles. The standard InChI is InChI=1S/C8H19N3O/c1-8(2,3)11(9-12)7-6-10(4)5/h6-7H2,1-5H3. The van der Waals surface area contributed by atoms with Crippen molar-refractivity contribution in [3.63, 3.8) is 0 Å². The van der Waals surface area contributed by atoms with Crippen molar-refractivity contribution in [1.29, 1.82) is 0 Å². The van der Waals surface area contributed by atoms with Crippen molar-refractivity contribution >= 4 is 0 Å². The molecule has 0 amide bonds. The van der Waals surface area contributed by atoms with Crippen LogP contribution in [0.3, 0.4) is 0 Å². The molecule has 72 valence electrons. The summed E-state index contributed by atoms with van der Waals surface area (Å²) in [5, 5.41) is 4.55. The average molecular weight is 173 g/mol. The molecule has 0 aromatic carbocycles. The third-order valence-electron chi connectivity index (χ3n) is 1.63. The van der Waals surface area contributed by atoms with Crippen LogP contribution in [0.25, 0.3) is 0 Å². The molecule has 0 aliphatic carbocycles. The molecule has 0 fully saturated rings. The van der Waals surface area contributed by atoms with Crippen LogP contribution in [-0.4, -0.2) is 42.6 Å². The number of hydrogen-bond donors (Lipinski definition) is 0. The Balaban J connectivity index is 3.93. The van der Waals surface area contributed by atoms with E-state index in [1.54, 1.807) is 5.01 Å². The number of nitroso groups, excluding NO2 is 1. The molecule has 0 radical (unpaired) electrons. The second-order valence-electron chi connectivity index (χ2n) is 4.18. The van der Waals surface area contributed by atoms with Crippen LogP contribution in [0.2, 0.25) is 0 Å². The van der Waals surface area contributed by atoms with Crippen LogP contribution < -0.4 is 0 Å². The van der Waals surface area contributed by atoms with Crippen LogP contribution in [0.4, 0.5) is 0 Å². The summed E-state index contributed by atoms with van der Waals surface area (Å²) < 4.78 is 0. The highest BCUT2D eigenvalue weighted by atomic mass is 16.3. The second kappa shape index (κ2) is 4.40. The Kier molecular flexibility index (Phi) is 4.17. The lowest BCUT2D eigenvalue weighted by Gasteiger charge is -2.30. The molecule has 0 aliphatic heterocycles. The fraction of sp³-hybridized carbons (Fsp3) is 1.00. The minimum absolute atomic E-state index is 0.169. The van der Waals surface area contributed by atoms with Crippen LogP contribution >= 0.6 is 0 Å². The summed E-state index contributed by atoms with van der Waals surface area (Å²) in [4.78, 5) is 12.5. The van der Waals surface area contributed by atoms with E-state index in [2.05, 4.69) is 5.29 Å². The molecule has 12 heavy (non-hydrogen) atoms. The molecule has 4 nitrogen and oxygen atoms in total. The SMILES string of the molecule is CN(C)CCN(N=O)C(C)(C)C. The van der Waals surface area contributed by atoms with E-state index in [1.165, 1.54) is 0 Å². The van der Waals surface area contributed by atoms with Gasteiger partial charge in [0.2, 0.25) is 0 Å². The van der Waals surface area contributed by atoms with Crippen LogP contribution in [0.15, 0.2) is 5.29 Å². The van der Waals surface area contributed by atoms with Gasteiger partial charge in [0, 0.05) is 6.54 Å². The molecular formula is C8H19N3O. The van der Waals surface area contributed by atoms with Crippen LogP contribution in [0, 0.1) is 4.91 Å². The van der Waals surface area contributed by atoms with Crippen molar-refractivity contribution in [3.05, 3.63) is 4.91 Å². The number of likely N-dealkylation sites (N-methyl/N-ethyl adjacent to an activating group) is 1. The van der Waals surface area contributed by atoms with E-state index in [1.807, 2.05) is 39.8 Å². The molecule has 0 unspecified atom stereocenters. The molecule has 0 bridgehead atoms. The molecular weight excluding hydrogens is 154 g/mol. The van der Waals surface area contributed by atoms with E-state index >= 15 is 0 Å². The quantitative estimate of drug-likeness (QED) is 0.475. The van der Waals surface area contributed by atoms with Crippen molar-refractivity contribution in [2.75, 3.05) is 27.2 Å². The molecule has 0 saturated heterocycles. The topological polar surface area (TPSA) is 35.9 Å². The van der Waals surface area contributed by atoms with Gasteiger partial charge in [0.1, 0.15) is 0 Å². The first kappa shape index (κ1) is 11.4. The zero-order valence-corrected chi connectivity index (χ0v) is 8.66. The van der Waals surface area contributed by atoms with E-state index in [0.29, 0.717) is 6.54 Å². The van der Waals surface area contributed by atoms with E-state index in [-0.39, 0.29) is 5.54 Å². The van der Waals surface area contributed by atoms with Gasteiger partial charge in [-0.15, -0.1) is 4.91 Å². The zero-order chi connectivity index (χ0) is 9.78. The van der Waals surface area contributed by atoms with Gasteiger partial charge in [0.15, 0.2) is 0 Å². The van der Waals surface area contributed by atoms with Gasteiger partial charge in [0.05, 0.1) is 17.4 Å². The van der Waals surface area contributed by atoms with Crippen LogP contribution in [0.5, 0.6) is 0 Å². The first-order chi connectivity index (χ1) is 5.38. The monoisotopic (exact) mass is 173 g/mol. The molecule has 0 aromatic rings. The lowest BCUT2D eigenvalue weighted by atomic mass is 10.1. The van der Waals surface area contributed by atoms with Crippen molar-refractivity contribution in [2.45, 2.75) is 26.3 Å². The Labute approximate surface area is 74.5 Å². The lowest BCUT2D eigenvalue weighted by Crippen LogP contribution is -2.40. The molecule has 4 heteroatoms. The van der Waals surface area contributed by atoms with Gasteiger partial charge in [-0.2, -0.15) is 0 Å². The lowest BCUT2D eigenvalue weighted by molar-refractivity contribution is 0.128. The molecule has 0 spiro atoms. The molecule has 0 aliphatic rings. The number of nitrogens with zero attached hydrogens (tertiary/aromatic N) is 3. The molecule has 0 saturated carbocycles. The summed E-state index contributed by atoms with van der Waals surface area (Å²) in [5.41, 5.74) is -0.169. The predicted octanol–water partition coefficient (Wildman–Crippen LogP) is 1.33. The van der Waals surface area contributed by atoms with Crippen LogP contribution in [0.1, 0.15) is 20.8 Å². The average Bonchev–Trinajstić information content (AvgIpc) is 1.85. The highest BCUT2D eigenvalue weighted by Crippen LogP contribution is 2.12. The summed E-state index contributed by atoms with van der Waals surface area (Å²) in [5.74, 6) is 0. The fourth-order valence-corrected chi connectivity index (χ4v) is 0.793. The normalized spacial score (nSPS) is 11.8. The summed E-state index contributed by atoms with van der Waals surface area (Å²) in [6, 6.07) is 0.